The minimum Gasteiger partial charge on any atom is -0.457 e. The van der Waals surface area contributed by atoms with E-state index in [1.165, 1.54) is 0 Å². The van der Waals surface area contributed by atoms with E-state index >= 15 is 0 Å². The van der Waals surface area contributed by atoms with E-state index in [2.05, 4.69) is 5.32 Å². The third-order valence-electron chi connectivity index (χ3n) is 4.33. The van der Waals surface area contributed by atoms with Gasteiger partial charge in [-0.25, -0.2) is 0 Å². The molecule has 1 N–H and O–H groups in total. The van der Waals surface area contributed by atoms with Gasteiger partial charge in [0.05, 0.1) is 6.42 Å². The third kappa shape index (κ3) is 5.87. The summed E-state index contributed by atoms with van der Waals surface area (Å²) < 4.78 is 5.09. The molecule has 0 aliphatic heterocycles. The number of hydrogen-bond donors (Lipinski definition) is 1. The SMILES string of the molecule is Cc1ccc(CC(=O)OCC(=O)c2ccc(NC(=O)c3ccccc3)cc2)cc1. The number of amides is 1. The highest BCUT2D eigenvalue weighted by Gasteiger charge is 2.11. The first-order valence-corrected chi connectivity index (χ1v) is 9.22. The number of carbonyl (C=O) groups is 3. The Labute approximate surface area is 169 Å². The summed E-state index contributed by atoms with van der Waals surface area (Å²) in [5, 5.41) is 2.77. The second kappa shape index (κ2) is 9.46. The largest absolute Gasteiger partial charge is 0.457 e. The van der Waals surface area contributed by atoms with E-state index in [-0.39, 0.29) is 24.7 Å². The van der Waals surface area contributed by atoms with E-state index in [0.29, 0.717) is 16.8 Å². The standard InChI is InChI=1S/C24H21NO4/c1-17-7-9-18(10-8-17)15-23(27)29-16-22(26)19-11-13-21(14-12-19)25-24(28)20-5-3-2-4-6-20/h2-14H,15-16H2,1H3,(H,25,28). The molecule has 0 aliphatic carbocycles. The Morgan fingerprint density at radius 3 is 2.10 bits per heavy atom. The zero-order valence-electron chi connectivity index (χ0n) is 16.1. The number of ketones is 1. The highest BCUT2D eigenvalue weighted by atomic mass is 16.5. The molecule has 0 heterocycles. The normalized spacial score (nSPS) is 10.2. The number of carbonyl (C=O) groups excluding carboxylic acids is 3. The van der Waals surface area contributed by atoms with Crippen molar-refractivity contribution in [3.63, 3.8) is 0 Å². The number of Topliss-reactive ketones (excluding diaryl/α,β-unsaturated/α-hetero) is 1. The molecule has 0 fully saturated rings. The molecule has 0 saturated heterocycles. The van der Waals surface area contributed by atoms with Crippen LogP contribution in [0.25, 0.3) is 0 Å². The Balaban J connectivity index is 1.50. The molecular weight excluding hydrogens is 366 g/mol. The molecule has 3 rings (SSSR count). The number of aryl methyl sites for hydroxylation is 1. The number of hydrogen-bond acceptors (Lipinski definition) is 4. The van der Waals surface area contributed by atoms with Crippen LogP contribution in [0.1, 0.15) is 31.8 Å². The van der Waals surface area contributed by atoms with Crippen molar-refractivity contribution in [3.8, 4) is 0 Å². The fraction of sp³-hybridized carbons (Fsp3) is 0.125. The Morgan fingerprint density at radius 1 is 0.793 bits per heavy atom. The van der Waals surface area contributed by atoms with E-state index in [1.54, 1.807) is 48.5 Å². The molecule has 0 spiro atoms. The van der Waals surface area contributed by atoms with Gasteiger partial charge in [-0.1, -0.05) is 48.0 Å². The molecule has 0 radical (unpaired) electrons. The molecule has 1 amide bonds. The zero-order chi connectivity index (χ0) is 20.6. The Kier molecular flexibility index (Phi) is 6.53. The lowest BCUT2D eigenvalue weighted by molar-refractivity contribution is -0.141. The lowest BCUT2D eigenvalue weighted by atomic mass is 10.1. The molecule has 5 heteroatoms. The Morgan fingerprint density at radius 2 is 1.45 bits per heavy atom. The quantitative estimate of drug-likeness (QED) is 0.487. The minimum absolute atomic E-state index is 0.123. The van der Waals surface area contributed by atoms with E-state index in [4.69, 9.17) is 4.74 Å². The average Bonchev–Trinajstić information content (AvgIpc) is 2.75. The molecule has 3 aromatic carbocycles. The van der Waals surface area contributed by atoms with E-state index in [1.807, 2.05) is 37.3 Å². The lowest BCUT2D eigenvalue weighted by Gasteiger charge is -2.07. The van der Waals surface area contributed by atoms with E-state index < -0.39 is 5.97 Å². The summed E-state index contributed by atoms with van der Waals surface area (Å²) in [6.07, 6.45) is 0.123. The molecule has 0 unspecified atom stereocenters. The van der Waals surface area contributed by atoms with Gasteiger partial charge in [0.25, 0.3) is 5.91 Å². The van der Waals surface area contributed by atoms with Gasteiger partial charge in [-0.3, -0.25) is 14.4 Å². The van der Waals surface area contributed by atoms with E-state index in [9.17, 15) is 14.4 Å². The predicted molar refractivity (Wildman–Crippen MR) is 111 cm³/mol. The number of ether oxygens (including phenoxy) is 1. The Bertz CT molecular complexity index is 993. The summed E-state index contributed by atoms with van der Waals surface area (Å²) in [4.78, 5) is 36.3. The third-order valence-corrected chi connectivity index (χ3v) is 4.33. The van der Waals surface area contributed by atoms with Crippen LogP contribution in [0.15, 0.2) is 78.9 Å². The Hall–Kier alpha value is -3.73. The monoisotopic (exact) mass is 387 g/mol. The van der Waals surface area contributed by atoms with Crippen LogP contribution in [0.4, 0.5) is 5.69 Å². The van der Waals surface area contributed by atoms with Crippen LogP contribution < -0.4 is 5.32 Å². The van der Waals surface area contributed by atoms with Gasteiger partial charge in [-0.15, -0.1) is 0 Å². The van der Waals surface area contributed by atoms with Gasteiger partial charge in [0.2, 0.25) is 0 Å². The summed E-state index contributed by atoms with van der Waals surface area (Å²) in [5.41, 5.74) is 3.48. The summed E-state index contributed by atoms with van der Waals surface area (Å²) in [6, 6.07) is 22.9. The maximum absolute atomic E-state index is 12.2. The topological polar surface area (TPSA) is 72.5 Å². The van der Waals surface area contributed by atoms with Crippen molar-refractivity contribution in [3.05, 3.63) is 101 Å². The minimum atomic E-state index is -0.450. The predicted octanol–water partition coefficient (Wildman–Crippen LogP) is 4.22. The number of esters is 1. The molecule has 3 aromatic rings. The second-order valence-electron chi connectivity index (χ2n) is 6.64. The van der Waals surface area contributed by atoms with Gasteiger partial charge in [0, 0.05) is 16.8 Å². The first-order chi connectivity index (χ1) is 14.0. The summed E-state index contributed by atoms with van der Waals surface area (Å²) in [5.74, 6) is -0.980. The van der Waals surface area contributed by atoms with Gasteiger partial charge in [0.1, 0.15) is 0 Å². The fourth-order valence-corrected chi connectivity index (χ4v) is 2.69. The zero-order valence-corrected chi connectivity index (χ0v) is 16.1. The molecular formula is C24H21NO4. The van der Waals surface area contributed by atoms with Crippen molar-refractivity contribution in [1.29, 1.82) is 0 Å². The lowest BCUT2D eigenvalue weighted by Crippen LogP contribution is -2.16. The van der Waals surface area contributed by atoms with Gasteiger partial charge >= 0.3 is 5.97 Å². The van der Waals surface area contributed by atoms with Gasteiger partial charge < -0.3 is 10.1 Å². The first-order valence-electron chi connectivity index (χ1n) is 9.22. The smallest absolute Gasteiger partial charge is 0.310 e. The summed E-state index contributed by atoms with van der Waals surface area (Å²) in [7, 11) is 0. The van der Waals surface area contributed by atoms with Crippen LogP contribution in [-0.2, 0) is 16.0 Å². The highest BCUT2D eigenvalue weighted by molar-refractivity contribution is 6.04. The molecule has 0 aliphatic rings. The maximum atomic E-state index is 12.2. The average molecular weight is 387 g/mol. The maximum Gasteiger partial charge on any atom is 0.310 e. The van der Waals surface area contributed by atoms with Gasteiger partial charge in [0.15, 0.2) is 12.4 Å². The van der Waals surface area contributed by atoms with Gasteiger partial charge in [-0.05, 0) is 48.9 Å². The van der Waals surface area contributed by atoms with Crippen LogP contribution in [-0.4, -0.2) is 24.3 Å². The summed E-state index contributed by atoms with van der Waals surface area (Å²) >= 11 is 0. The van der Waals surface area contributed by atoms with Crippen molar-refractivity contribution in [1.82, 2.24) is 0 Å². The van der Waals surface area contributed by atoms with Crippen molar-refractivity contribution in [2.45, 2.75) is 13.3 Å². The summed E-state index contributed by atoms with van der Waals surface area (Å²) in [6.45, 7) is 1.65. The highest BCUT2D eigenvalue weighted by Crippen LogP contribution is 2.12. The second-order valence-corrected chi connectivity index (χ2v) is 6.64. The first kappa shape index (κ1) is 20.0. The number of benzene rings is 3. The van der Waals surface area contributed by atoms with Gasteiger partial charge in [-0.2, -0.15) is 0 Å². The van der Waals surface area contributed by atoms with Crippen LogP contribution in [0.2, 0.25) is 0 Å². The molecule has 0 bridgehead atoms. The van der Waals surface area contributed by atoms with Crippen molar-refractivity contribution in [2.24, 2.45) is 0 Å². The van der Waals surface area contributed by atoms with E-state index in [0.717, 1.165) is 11.1 Å². The van der Waals surface area contributed by atoms with Crippen molar-refractivity contribution in [2.75, 3.05) is 11.9 Å². The van der Waals surface area contributed by atoms with Crippen LogP contribution in [0, 0.1) is 6.92 Å². The van der Waals surface area contributed by atoms with Crippen LogP contribution in [0.5, 0.6) is 0 Å². The number of rotatable bonds is 7. The molecule has 0 saturated carbocycles. The van der Waals surface area contributed by atoms with Crippen molar-refractivity contribution >= 4 is 23.3 Å². The van der Waals surface area contributed by atoms with Crippen LogP contribution in [0.3, 0.4) is 0 Å². The molecule has 146 valence electrons. The number of nitrogens with one attached hydrogen (secondary N) is 1. The molecule has 5 nitrogen and oxygen atoms in total. The fourth-order valence-electron chi connectivity index (χ4n) is 2.69. The molecule has 29 heavy (non-hydrogen) atoms. The molecule has 0 atom stereocenters. The number of anilines is 1. The van der Waals surface area contributed by atoms with Crippen molar-refractivity contribution < 1.29 is 19.1 Å². The van der Waals surface area contributed by atoms with Crippen LogP contribution >= 0.6 is 0 Å². The molecule has 0 aromatic heterocycles.